The van der Waals surface area contributed by atoms with Crippen LogP contribution in [-0.4, -0.2) is 57.9 Å². The van der Waals surface area contributed by atoms with Crippen LogP contribution in [0.15, 0.2) is 18.5 Å². The van der Waals surface area contributed by atoms with Crippen LogP contribution < -0.4 is 0 Å². The maximum atomic E-state index is 13.9. The first-order chi connectivity index (χ1) is 11.1. The first-order valence-electron chi connectivity index (χ1n) is 8.29. The highest BCUT2D eigenvalue weighted by Gasteiger charge is 2.39. The van der Waals surface area contributed by atoms with Crippen molar-refractivity contribution in [3.05, 3.63) is 29.8 Å². The average molecular weight is 316 g/mol. The molecule has 0 spiro atoms. The summed E-state index contributed by atoms with van der Waals surface area (Å²) in [5, 5.41) is 0. The summed E-state index contributed by atoms with van der Waals surface area (Å²) < 4.78 is 13.9. The number of H-pyrrole nitrogens is 1. The van der Waals surface area contributed by atoms with E-state index >= 15 is 0 Å². The summed E-state index contributed by atoms with van der Waals surface area (Å²) in [6.07, 6.45) is 5.86. The number of likely N-dealkylation sites (tertiary alicyclic amines) is 2. The largest absolute Gasteiger partial charge is 0.344 e. The number of aromatic amines is 1. The molecule has 2 aliphatic heterocycles. The summed E-state index contributed by atoms with van der Waals surface area (Å²) in [7, 11) is 2.13. The molecule has 1 N–H and O–H groups in total. The topological polar surface area (TPSA) is 52.2 Å². The molecule has 4 rings (SSSR count). The molecule has 2 aromatic rings. The van der Waals surface area contributed by atoms with Crippen LogP contribution in [0.1, 0.15) is 36.0 Å². The molecule has 0 bridgehead atoms. The highest BCUT2D eigenvalue weighted by Crippen LogP contribution is 2.31. The minimum Gasteiger partial charge on any atom is -0.344 e. The standard InChI is InChI=1S/C17H21FN4O/c1-21-6-2-4-14(21)15-5-3-7-22(15)17(23)12-8-11(18)9-13-16(12)20-10-19-13/h8-10,14-15H,2-7H2,1H3,(H,19,20). The number of rotatable bonds is 2. The number of carbonyl (C=O) groups excluding carboxylic acids is 1. The van der Waals surface area contributed by atoms with Gasteiger partial charge in [-0.3, -0.25) is 4.79 Å². The molecule has 3 heterocycles. The Morgan fingerprint density at radius 2 is 2.04 bits per heavy atom. The Balaban J connectivity index is 1.68. The van der Waals surface area contributed by atoms with E-state index in [2.05, 4.69) is 21.9 Å². The number of carbonyl (C=O) groups is 1. The lowest BCUT2D eigenvalue weighted by molar-refractivity contribution is 0.0666. The fraction of sp³-hybridized carbons (Fsp3) is 0.529. The van der Waals surface area contributed by atoms with E-state index < -0.39 is 5.82 Å². The van der Waals surface area contributed by atoms with Crippen molar-refractivity contribution in [1.29, 1.82) is 0 Å². The maximum absolute atomic E-state index is 13.9. The molecular formula is C17H21FN4O. The van der Waals surface area contributed by atoms with E-state index in [1.54, 1.807) is 0 Å². The van der Waals surface area contributed by atoms with E-state index in [1.807, 2.05) is 4.90 Å². The average Bonchev–Trinajstić information content (AvgIpc) is 3.24. The molecular weight excluding hydrogens is 295 g/mol. The first-order valence-corrected chi connectivity index (χ1v) is 8.29. The number of nitrogens with zero attached hydrogens (tertiary/aromatic N) is 3. The minimum absolute atomic E-state index is 0.0931. The molecule has 6 heteroatoms. The van der Waals surface area contributed by atoms with Crippen LogP contribution in [-0.2, 0) is 0 Å². The van der Waals surface area contributed by atoms with Crippen molar-refractivity contribution >= 4 is 16.9 Å². The summed E-state index contributed by atoms with van der Waals surface area (Å²) in [5.74, 6) is -0.497. The van der Waals surface area contributed by atoms with Gasteiger partial charge in [-0.1, -0.05) is 0 Å². The lowest BCUT2D eigenvalue weighted by atomic mass is 10.0. The second-order valence-corrected chi connectivity index (χ2v) is 6.65. The molecule has 1 aromatic carbocycles. The Labute approximate surface area is 134 Å². The number of amides is 1. The highest BCUT2D eigenvalue weighted by atomic mass is 19.1. The van der Waals surface area contributed by atoms with Crippen LogP contribution in [0.3, 0.4) is 0 Å². The van der Waals surface area contributed by atoms with Crippen LogP contribution in [0.5, 0.6) is 0 Å². The second-order valence-electron chi connectivity index (χ2n) is 6.65. The lowest BCUT2D eigenvalue weighted by Gasteiger charge is -2.33. The van der Waals surface area contributed by atoms with Gasteiger partial charge in [0.1, 0.15) is 11.3 Å². The molecule has 2 atom stereocenters. The van der Waals surface area contributed by atoms with E-state index in [-0.39, 0.29) is 11.9 Å². The van der Waals surface area contributed by atoms with Gasteiger partial charge in [-0.2, -0.15) is 0 Å². The highest BCUT2D eigenvalue weighted by molar-refractivity contribution is 6.05. The fourth-order valence-corrected chi connectivity index (χ4v) is 4.20. The van der Waals surface area contributed by atoms with E-state index in [0.29, 0.717) is 22.6 Å². The van der Waals surface area contributed by atoms with Crippen molar-refractivity contribution in [2.45, 2.75) is 37.8 Å². The zero-order valence-electron chi connectivity index (χ0n) is 13.3. The zero-order valence-corrected chi connectivity index (χ0v) is 13.3. The van der Waals surface area contributed by atoms with Gasteiger partial charge in [0, 0.05) is 18.6 Å². The molecule has 2 saturated heterocycles. The third kappa shape index (κ3) is 2.41. The molecule has 0 aliphatic carbocycles. The summed E-state index contributed by atoms with van der Waals surface area (Å²) in [5.41, 5.74) is 1.50. The third-order valence-corrected chi connectivity index (χ3v) is 5.30. The Bertz CT molecular complexity index is 743. The van der Waals surface area contributed by atoms with E-state index in [0.717, 1.165) is 32.4 Å². The van der Waals surface area contributed by atoms with Crippen molar-refractivity contribution in [2.75, 3.05) is 20.1 Å². The Hall–Kier alpha value is -1.95. The minimum atomic E-state index is -0.404. The van der Waals surface area contributed by atoms with Gasteiger partial charge in [0.15, 0.2) is 0 Å². The molecule has 2 unspecified atom stereocenters. The van der Waals surface area contributed by atoms with Gasteiger partial charge < -0.3 is 14.8 Å². The van der Waals surface area contributed by atoms with Crippen molar-refractivity contribution in [2.24, 2.45) is 0 Å². The number of benzene rings is 1. The van der Waals surface area contributed by atoms with Crippen LogP contribution in [0.2, 0.25) is 0 Å². The van der Waals surface area contributed by atoms with Gasteiger partial charge in [-0.25, -0.2) is 9.37 Å². The summed E-state index contributed by atoms with van der Waals surface area (Å²) >= 11 is 0. The molecule has 122 valence electrons. The second kappa shape index (κ2) is 5.60. The number of aromatic nitrogens is 2. The molecule has 1 aromatic heterocycles. The van der Waals surface area contributed by atoms with Crippen molar-refractivity contribution in [3.8, 4) is 0 Å². The normalized spacial score (nSPS) is 25.6. The Morgan fingerprint density at radius 1 is 1.26 bits per heavy atom. The quantitative estimate of drug-likeness (QED) is 0.925. The fourth-order valence-electron chi connectivity index (χ4n) is 4.20. The van der Waals surface area contributed by atoms with Gasteiger partial charge in [0.2, 0.25) is 0 Å². The smallest absolute Gasteiger partial charge is 0.256 e. The third-order valence-electron chi connectivity index (χ3n) is 5.30. The molecule has 23 heavy (non-hydrogen) atoms. The van der Waals surface area contributed by atoms with E-state index in [1.165, 1.54) is 24.9 Å². The number of imidazole rings is 1. The first kappa shape index (κ1) is 14.6. The van der Waals surface area contributed by atoms with Gasteiger partial charge in [-0.15, -0.1) is 0 Å². The number of fused-ring (bicyclic) bond motifs is 1. The predicted octanol–water partition coefficient (Wildman–Crippen LogP) is 2.40. The SMILES string of the molecule is CN1CCCC1C1CCCN1C(=O)c1cc(F)cc2[nH]cnc12. The number of hydrogen-bond donors (Lipinski definition) is 1. The molecule has 2 fully saturated rings. The number of likely N-dealkylation sites (N-methyl/N-ethyl adjacent to an activating group) is 1. The monoisotopic (exact) mass is 316 g/mol. The van der Waals surface area contributed by atoms with Crippen LogP contribution in [0.25, 0.3) is 11.0 Å². The Kier molecular flexibility index (Phi) is 3.56. The summed E-state index contributed by atoms with van der Waals surface area (Å²) in [6.45, 7) is 1.84. The Morgan fingerprint density at radius 3 is 2.83 bits per heavy atom. The predicted molar refractivity (Wildman–Crippen MR) is 85.8 cm³/mol. The van der Waals surface area contributed by atoms with Gasteiger partial charge in [-0.05, 0) is 51.4 Å². The van der Waals surface area contributed by atoms with Gasteiger partial charge in [0.05, 0.1) is 17.4 Å². The van der Waals surface area contributed by atoms with Crippen LogP contribution in [0.4, 0.5) is 4.39 Å². The van der Waals surface area contributed by atoms with Gasteiger partial charge >= 0.3 is 0 Å². The maximum Gasteiger partial charge on any atom is 0.256 e. The van der Waals surface area contributed by atoms with E-state index in [4.69, 9.17) is 0 Å². The van der Waals surface area contributed by atoms with Gasteiger partial charge in [0.25, 0.3) is 5.91 Å². The molecule has 0 radical (unpaired) electrons. The lowest BCUT2D eigenvalue weighted by Crippen LogP contribution is -2.47. The summed E-state index contributed by atoms with van der Waals surface area (Å²) in [4.78, 5) is 24.5. The molecule has 0 saturated carbocycles. The molecule has 1 amide bonds. The summed E-state index contributed by atoms with van der Waals surface area (Å²) in [6, 6.07) is 3.35. The van der Waals surface area contributed by atoms with Crippen LogP contribution in [0, 0.1) is 5.82 Å². The molecule has 5 nitrogen and oxygen atoms in total. The van der Waals surface area contributed by atoms with Crippen molar-refractivity contribution in [3.63, 3.8) is 0 Å². The molecule has 2 aliphatic rings. The number of nitrogens with one attached hydrogen (secondary N) is 1. The number of halogens is 1. The van der Waals surface area contributed by atoms with E-state index in [9.17, 15) is 9.18 Å². The number of hydrogen-bond acceptors (Lipinski definition) is 3. The van der Waals surface area contributed by atoms with Crippen LogP contribution >= 0.6 is 0 Å². The van der Waals surface area contributed by atoms with Crippen molar-refractivity contribution < 1.29 is 9.18 Å². The van der Waals surface area contributed by atoms with Crippen molar-refractivity contribution in [1.82, 2.24) is 19.8 Å². The zero-order chi connectivity index (χ0) is 16.0.